The topological polar surface area (TPSA) is 21.3 Å². The van der Waals surface area contributed by atoms with Gasteiger partial charge in [-0.05, 0) is 43.0 Å². The number of hydrogen-bond donors (Lipinski definition) is 1. The summed E-state index contributed by atoms with van der Waals surface area (Å²) in [5.41, 5.74) is 1.42. The lowest BCUT2D eigenvalue weighted by Crippen LogP contribution is -2.38. The van der Waals surface area contributed by atoms with Gasteiger partial charge in [0.05, 0.1) is 16.7 Å². The van der Waals surface area contributed by atoms with Crippen molar-refractivity contribution in [3.63, 3.8) is 0 Å². The number of ether oxygens (including phenoxy) is 1. The Morgan fingerprint density at radius 3 is 2.70 bits per heavy atom. The number of halogens is 2. The molecule has 1 aromatic carbocycles. The molecule has 2 nitrogen and oxygen atoms in total. The lowest BCUT2D eigenvalue weighted by molar-refractivity contribution is 0.148. The van der Waals surface area contributed by atoms with Crippen molar-refractivity contribution in [1.29, 1.82) is 0 Å². The first-order valence-corrected chi connectivity index (χ1v) is 7.99. The van der Waals surface area contributed by atoms with Crippen molar-refractivity contribution in [2.24, 2.45) is 11.3 Å². The number of nitrogens with one attached hydrogen (secondary N) is 1. The number of hydrogen-bond acceptors (Lipinski definition) is 2. The molecule has 4 heteroatoms. The molecule has 112 valence electrons. The van der Waals surface area contributed by atoms with Crippen LogP contribution in [-0.2, 0) is 11.2 Å². The minimum Gasteiger partial charge on any atom is -0.381 e. The maximum atomic E-state index is 6.11. The first kappa shape index (κ1) is 16.1. The zero-order valence-corrected chi connectivity index (χ0v) is 13.7. The van der Waals surface area contributed by atoms with Crippen molar-refractivity contribution in [2.45, 2.75) is 26.7 Å². The van der Waals surface area contributed by atoms with Gasteiger partial charge >= 0.3 is 0 Å². The monoisotopic (exact) mass is 315 g/mol. The summed E-state index contributed by atoms with van der Waals surface area (Å²) < 4.78 is 5.65. The number of benzene rings is 1. The van der Waals surface area contributed by atoms with Crippen LogP contribution in [0.15, 0.2) is 18.2 Å². The number of rotatable bonds is 6. The third-order valence-corrected chi connectivity index (χ3v) is 4.54. The SMILES string of the molecule is CC(C)CNCC1(Cc2ccc(Cl)c(Cl)c2)CCOC1. The van der Waals surface area contributed by atoms with Gasteiger partial charge in [-0.15, -0.1) is 0 Å². The normalized spacial score (nSPS) is 22.6. The van der Waals surface area contributed by atoms with Crippen molar-refractivity contribution < 1.29 is 4.74 Å². The summed E-state index contributed by atoms with van der Waals surface area (Å²) in [6.07, 6.45) is 2.08. The Bertz CT molecular complexity index is 442. The van der Waals surface area contributed by atoms with Crippen LogP contribution in [0.2, 0.25) is 10.0 Å². The zero-order chi connectivity index (χ0) is 14.6. The highest BCUT2D eigenvalue weighted by Crippen LogP contribution is 2.34. The summed E-state index contributed by atoms with van der Waals surface area (Å²) in [5.74, 6) is 0.666. The summed E-state index contributed by atoms with van der Waals surface area (Å²) in [6, 6.07) is 5.92. The van der Waals surface area contributed by atoms with Crippen molar-refractivity contribution >= 4 is 23.2 Å². The Morgan fingerprint density at radius 2 is 2.10 bits per heavy atom. The molecule has 1 saturated heterocycles. The van der Waals surface area contributed by atoms with Gasteiger partial charge < -0.3 is 10.1 Å². The highest BCUT2D eigenvalue weighted by Gasteiger charge is 2.34. The predicted molar refractivity (Wildman–Crippen MR) is 85.7 cm³/mol. The second kappa shape index (κ2) is 7.13. The van der Waals surface area contributed by atoms with E-state index in [2.05, 4.69) is 25.2 Å². The third-order valence-electron chi connectivity index (χ3n) is 3.80. The molecule has 0 bridgehead atoms. The molecular weight excluding hydrogens is 293 g/mol. The Hall–Kier alpha value is -0.280. The van der Waals surface area contributed by atoms with Gasteiger partial charge in [-0.1, -0.05) is 43.1 Å². The minimum atomic E-state index is 0.187. The van der Waals surface area contributed by atoms with E-state index >= 15 is 0 Å². The second-order valence-electron chi connectivity index (χ2n) is 6.25. The van der Waals surface area contributed by atoms with Gasteiger partial charge in [-0.25, -0.2) is 0 Å². The van der Waals surface area contributed by atoms with Crippen LogP contribution in [0.1, 0.15) is 25.8 Å². The van der Waals surface area contributed by atoms with E-state index in [1.807, 2.05) is 12.1 Å². The molecule has 0 aliphatic carbocycles. The first-order valence-electron chi connectivity index (χ1n) is 7.23. The molecule has 0 spiro atoms. The average molecular weight is 316 g/mol. The Balaban J connectivity index is 2.02. The van der Waals surface area contributed by atoms with E-state index in [0.29, 0.717) is 16.0 Å². The van der Waals surface area contributed by atoms with Crippen molar-refractivity contribution in [1.82, 2.24) is 5.32 Å². The van der Waals surface area contributed by atoms with Crippen LogP contribution in [0.5, 0.6) is 0 Å². The van der Waals surface area contributed by atoms with Crippen molar-refractivity contribution in [3.05, 3.63) is 33.8 Å². The molecule has 0 aromatic heterocycles. The van der Waals surface area contributed by atoms with E-state index < -0.39 is 0 Å². The maximum absolute atomic E-state index is 6.11. The first-order chi connectivity index (χ1) is 9.51. The lowest BCUT2D eigenvalue weighted by Gasteiger charge is -2.28. The summed E-state index contributed by atoms with van der Waals surface area (Å²) in [7, 11) is 0. The highest BCUT2D eigenvalue weighted by molar-refractivity contribution is 6.42. The van der Waals surface area contributed by atoms with E-state index in [0.717, 1.165) is 39.1 Å². The van der Waals surface area contributed by atoms with Crippen LogP contribution in [0, 0.1) is 11.3 Å². The van der Waals surface area contributed by atoms with E-state index in [1.165, 1.54) is 5.56 Å². The maximum Gasteiger partial charge on any atom is 0.0595 e. The summed E-state index contributed by atoms with van der Waals surface area (Å²) in [5, 5.41) is 4.82. The van der Waals surface area contributed by atoms with Crippen molar-refractivity contribution in [3.8, 4) is 0 Å². The fourth-order valence-corrected chi connectivity index (χ4v) is 3.02. The average Bonchev–Trinajstić information content (AvgIpc) is 2.82. The van der Waals surface area contributed by atoms with E-state index in [-0.39, 0.29) is 5.41 Å². The lowest BCUT2D eigenvalue weighted by atomic mass is 9.81. The summed E-state index contributed by atoms with van der Waals surface area (Å²) >= 11 is 12.1. The highest BCUT2D eigenvalue weighted by atomic mass is 35.5. The fraction of sp³-hybridized carbons (Fsp3) is 0.625. The molecule has 1 aromatic rings. The van der Waals surface area contributed by atoms with Gasteiger partial charge in [-0.2, -0.15) is 0 Å². The van der Waals surface area contributed by atoms with E-state index in [4.69, 9.17) is 27.9 Å². The molecule has 2 rings (SSSR count). The fourth-order valence-electron chi connectivity index (χ4n) is 2.70. The van der Waals surface area contributed by atoms with Gasteiger partial charge in [0.2, 0.25) is 0 Å². The van der Waals surface area contributed by atoms with Gasteiger partial charge in [-0.3, -0.25) is 0 Å². The Kier molecular flexibility index (Phi) is 5.74. The van der Waals surface area contributed by atoms with E-state index in [1.54, 1.807) is 0 Å². The molecule has 0 radical (unpaired) electrons. The molecule has 0 amide bonds. The molecule has 1 atom stereocenters. The van der Waals surface area contributed by atoms with Gasteiger partial charge in [0.1, 0.15) is 0 Å². The Labute approximate surface area is 131 Å². The third kappa shape index (κ3) is 4.36. The van der Waals surface area contributed by atoms with Crippen molar-refractivity contribution in [2.75, 3.05) is 26.3 Å². The molecule has 0 saturated carbocycles. The van der Waals surface area contributed by atoms with Crippen LogP contribution < -0.4 is 5.32 Å². The van der Waals surface area contributed by atoms with Crippen LogP contribution in [-0.4, -0.2) is 26.3 Å². The second-order valence-corrected chi connectivity index (χ2v) is 7.07. The van der Waals surface area contributed by atoms with Gasteiger partial charge in [0, 0.05) is 18.6 Å². The summed E-state index contributed by atoms with van der Waals surface area (Å²) in [6.45, 7) is 8.16. The minimum absolute atomic E-state index is 0.187. The zero-order valence-electron chi connectivity index (χ0n) is 12.2. The van der Waals surface area contributed by atoms with Crippen LogP contribution in [0.4, 0.5) is 0 Å². The molecule has 1 N–H and O–H groups in total. The van der Waals surface area contributed by atoms with Gasteiger partial charge in [0.25, 0.3) is 0 Å². The Morgan fingerprint density at radius 1 is 1.30 bits per heavy atom. The largest absolute Gasteiger partial charge is 0.381 e. The van der Waals surface area contributed by atoms with Crippen LogP contribution in [0.3, 0.4) is 0 Å². The molecule has 1 heterocycles. The van der Waals surface area contributed by atoms with E-state index in [9.17, 15) is 0 Å². The summed E-state index contributed by atoms with van der Waals surface area (Å²) in [4.78, 5) is 0. The molecule has 1 unspecified atom stereocenters. The molecule has 1 aliphatic heterocycles. The smallest absolute Gasteiger partial charge is 0.0595 e. The molecule has 1 fully saturated rings. The molecule has 20 heavy (non-hydrogen) atoms. The van der Waals surface area contributed by atoms with Crippen LogP contribution >= 0.6 is 23.2 Å². The predicted octanol–water partition coefficient (Wildman–Crippen LogP) is 4.19. The molecule has 1 aliphatic rings. The van der Waals surface area contributed by atoms with Crippen LogP contribution in [0.25, 0.3) is 0 Å². The quantitative estimate of drug-likeness (QED) is 0.850. The standard InChI is InChI=1S/C16H23Cl2NO/c1-12(2)9-19-10-16(5-6-20-11-16)8-13-3-4-14(17)15(18)7-13/h3-4,7,12,19H,5-6,8-11H2,1-2H3. The molecular formula is C16H23Cl2NO. The van der Waals surface area contributed by atoms with Gasteiger partial charge in [0.15, 0.2) is 0 Å².